The van der Waals surface area contributed by atoms with Crippen molar-refractivity contribution in [1.82, 2.24) is 0 Å². The van der Waals surface area contributed by atoms with Crippen LogP contribution in [0.15, 0.2) is 5.57 Å². The van der Waals surface area contributed by atoms with E-state index in [1.165, 1.54) is 0 Å². The maximum atomic E-state index is 11.7. The molecule has 0 spiro atoms. The summed E-state index contributed by atoms with van der Waals surface area (Å²) in [4.78, 5) is 10.8. The van der Waals surface area contributed by atoms with Crippen molar-refractivity contribution in [1.29, 1.82) is 0 Å². The van der Waals surface area contributed by atoms with Crippen molar-refractivity contribution >= 4 is 14.6 Å². The molecule has 0 saturated carbocycles. The third kappa shape index (κ3) is 17.3. The molecule has 0 saturated heterocycles. The average Bonchev–Trinajstić information content (AvgIpc) is 2.84. The van der Waals surface area contributed by atoms with E-state index in [2.05, 4.69) is 19.6 Å². The van der Waals surface area contributed by atoms with Crippen LogP contribution >= 0.6 is 8.60 Å². The van der Waals surface area contributed by atoms with Crippen LogP contribution in [0.1, 0.15) is 20.8 Å². The maximum Gasteiger partial charge on any atom is 1.00 e. The van der Waals surface area contributed by atoms with Gasteiger partial charge in [-0.1, -0.05) is 20.8 Å². The topological polar surface area (TPSA) is 54.0 Å². The van der Waals surface area contributed by atoms with Gasteiger partial charge >= 0.3 is 49.5 Å². The number of carbonyl (C=O) groups excluding carboxylic acids is 1. The van der Waals surface area contributed by atoms with Crippen molar-refractivity contribution in [2.45, 2.75) is 45.4 Å². The molecule has 0 aromatic heterocycles. The van der Waals surface area contributed by atoms with Gasteiger partial charge < -0.3 is 9.53 Å². The van der Waals surface area contributed by atoms with Gasteiger partial charge in [-0.25, -0.2) is 6.08 Å². The summed E-state index contributed by atoms with van der Waals surface area (Å²) < 4.78 is 121. The molecule has 1 heterocycles. The van der Waals surface area contributed by atoms with E-state index >= 15 is 0 Å². The zero-order chi connectivity index (χ0) is 23.0. The van der Waals surface area contributed by atoms with E-state index in [1.807, 2.05) is 13.8 Å². The van der Waals surface area contributed by atoms with Crippen LogP contribution in [0.4, 0.5) is 39.5 Å². The predicted molar refractivity (Wildman–Crippen MR) is 81.5 cm³/mol. The number of hydrogen-bond acceptors (Lipinski definition) is 5. The molecule has 0 radical (unpaired) electrons. The summed E-state index contributed by atoms with van der Waals surface area (Å²) >= 11 is 0. The van der Waals surface area contributed by atoms with Gasteiger partial charge in [-0.05, 0) is 5.92 Å². The van der Waals surface area contributed by atoms with E-state index in [-0.39, 0.29) is 34.5 Å². The number of carbonyl (C=O) groups is 1. The molecule has 1 aliphatic heterocycles. The van der Waals surface area contributed by atoms with Crippen LogP contribution in [-0.4, -0.2) is 50.4 Å². The Bertz CT molecular complexity index is 507. The first-order chi connectivity index (χ1) is 12.9. The number of rotatable bonds is 7. The minimum atomic E-state index is -4.93. The third-order valence-corrected chi connectivity index (χ3v) is 3.71. The van der Waals surface area contributed by atoms with Crippen molar-refractivity contribution in [3.8, 4) is 0 Å². The Balaban J connectivity index is 0. The van der Waals surface area contributed by atoms with Crippen molar-refractivity contribution in [2.24, 2.45) is 5.92 Å². The molecule has 30 heavy (non-hydrogen) atoms. The van der Waals surface area contributed by atoms with Crippen LogP contribution in [0.2, 0.25) is 0 Å². The van der Waals surface area contributed by atoms with E-state index in [0.717, 1.165) is 0 Å². The molecule has 0 bridgehead atoms. The minimum absolute atomic E-state index is 0. The molecule has 1 unspecified atom stereocenters. The van der Waals surface area contributed by atoms with Gasteiger partial charge in [0.25, 0.3) is 0 Å². The zero-order valence-electron chi connectivity index (χ0n) is 15.5. The molecule has 0 amide bonds. The number of halogens is 9. The number of esters is 1. The third-order valence-electron chi connectivity index (χ3n) is 2.57. The zero-order valence-corrected chi connectivity index (χ0v) is 18.7. The molecule has 0 fully saturated rings. The van der Waals surface area contributed by atoms with E-state index in [9.17, 15) is 44.3 Å². The van der Waals surface area contributed by atoms with E-state index in [4.69, 9.17) is 4.74 Å². The monoisotopic (exact) mass is 665 g/mol. The molecule has 5 nitrogen and oxygen atoms in total. The molecule has 0 aromatic carbocycles. The van der Waals surface area contributed by atoms with E-state index in [1.54, 1.807) is 6.92 Å². The first-order valence-corrected chi connectivity index (χ1v) is 8.89. The van der Waals surface area contributed by atoms with Gasteiger partial charge in [-0.15, -0.1) is 5.57 Å². The summed E-state index contributed by atoms with van der Waals surface area (Å²) in [5, 5.41) is 0. The van der Waals surface area contributed by atoms with Gasteiger partial charge in [0.05, 0.1) is 0 Å². The Labute approximate surface area is 182 Å². The van der Waals surface area contributed by atoms with Gasteiger partial charge in [-0.2, -0.15) is 53.1 Å². The maximum absolute atomic E-state index is 11.7. The molecule has 1 aliphatic rings. The minimum Gasteiger partial charge on any atom is -0.558 e. The van der Waals surface area contributed by atoms with E-state index < -0.39 is 47.0 Å². The van der Waals surface area contributed by atoms with Crippen LogP contribution in [0.3, 0.4) is 0 Å². The van der Waals surface area contributed by atoms with Gasteiger partial charge in [-0.3, -0.25) is 0 Å². The molecular weight excluding hydrogens is 647 g/mol. The van der Waals surface area contributed by atoms with Gasteiger partial charge in [0.2, 0.25) is 0 Å². The second kappa shape index (κ2) is 13.2. The Kier molecular flexibility index (Phi) is 14.0. The summed E-state index contributed by atoms with van der Waals surface area (Å²) in [6.45, 7) is -0.483. The first-order valence-electron chi connectivity index (χ1n) is 7.66. The summed E-state index contributed by atoms with van der Waals surface area (Å²) in [6, 6.07) is 0. The SMILES string of the molecule is CC1=[C-]C(C(C)C)OC1=O.FC(F)(F)CO[PH+](OCC(F)(F)F)OCC(F)(F)F.[Au+]. The summed E-state index contributed by atoms with van der Waals surface area (Å²) in [5.41, 5.74) is 0.610. The second-order valence-corrected chi connectivity index (χ2v) is 7.17. The Morgan fingerprint density at radius 2 is 1.23 bits per heavy atom. The number of ether oxygens (including phenoxy) is 1. The summed E-state index contributed by atoms with van der Waals surface area (Å²) in [7, 11) is -3.80. The quantitative estimate of drug-likeness (QED) is 0.126. The molecule has 16 heteroatoms. The fourth-order valence-electron chi connectivity index (χ4n) is 1.36. The van der Waals surface area contributed by atoms with Crippen molar-refractivity contribution in [3.05, 3.63) is 11.6 Å². The van der Waals surface area contributed by atoms with Crippen LogP contribution in [0.25, 0.3) is 0 Å². The molecule has 1 rings (SSSR count). The number of alkyl halides is 9. The van der Waals surface area contributed by atoms with Gasteiger partial charge in [0.15, 0.2) is 25.8 Å². The average molecular weight is 665 g/mol. The van der Waals surface area contributed by atoms with Crippen LogP contribution in [-0.2, 0) is 45.5 Å². The summed E-state index contributed by atoms with van der Waals surface area (Å²) in [5.74, 6) is 0.111. The van der Waals surface area contributed by atoms with Crippen molar-refractivity contribution in [2.75, 3.05) is 19.8 Å². The Morgan fingerprint density at radius 1 is 0.900 bits per heavy atom. The van der Waals surface area contributed by atoms with Crippen molar-refractivity contribution < 1.29 is 85.0 Å². The summed E-state index contributed by atoms with van der Waals surface area (Å²) in [6.07, 6.45) is -12.0. The molecule has 0 aliphatic carbocycles. The Morgan fingerprint density at radius 3 is 1.40 bits per heavy atom. The fraction of sp³-hybridized carbons (Fsp3) is 0.786. The van der Waals surface area contributed by atoms with Crippen LogP contribution < -0.4 is 0 Å². The standard InChI is InChI=1S/C8H11O2.C6H7F9O3P.Au/c1-5(2)7-4-6(3)8(9)10-7;7-4(8,9)1-16-19(17-2-5(10,11)12)18-3-6(13,14)15;/h5,7H,1-3H3;19H,1-3H2;/q-1;2*+1. The molecule has 1 atom stereocenters. The molecular formula is C14H18AuF9O5P+. The molecule has 0 N–H and O–H groups in total. The first kappa shape index (κ1) is 31.8. The largest absolute Gasteiger partial charge is 1.00 e. The second-order valence-electron chi connectivity index (χ2n) is 5.80. The van der Waals surface area contributed by atoms with Gasteiger partial charge in [0, 0.05) is 6.10 Å². The fourth-order valence-corrected chi connectivity index (χ4v) is 2.45. The smallest absolute Gasteiger partial charge is 0.558 e. The normalized spacial score (nSPS) is 17.3. The number of hydrogen-bond donors (Lipinski definition) is 0. The van der Waals surface area contributed by atoms with Crippen molar-refractivity contribution in [3.63, 3.8) is 0 Å². The van der Waals surface area contributed by atoms with Crippen LogP contribution in [0, 0.1) is 12.0 Å². The van der Waals surface area contributed by atoms with Gasteiger partial charge in [0.1, 0.15) is 0 Å². The molecule has 0 aromatic rings. The molecule has 182 valence electrons. The van der Waals surface area contributed by atoms with E-state index in [0.29, 0.717) is 11.5 Å². The Hall–Kier alpha value is -0.370. The predicted octanol–water partition coefficient (Wildman–Crippen LogP) is 5.00. The van der Waals surface area contributed by atoms with Crippen LogP contribution in [0.5, 0.6) is 0 Å². The number of cyclic esters (lactones) is 1.